The van der Waals surface area contributed by atoms with Crippen LogP contribution in [-0.2, 0) is 9.53 Å². The predicted molar refractivity (Wildman–Crippen MR) is 290 cm³/mol. The lowest BCUT2D eigenvalue weighted by Gasteiger charge is -2.06. The quantitative estimate of drug-likeness (QED) is 0.0449. The van der Waals surface area contributed by atoms with Gasteiger partial charge in [-0.1, -0.05) is 367 Å². The van der Waals surface area contributed by atoms with Crippen LogP contribution in [0.5, 0.6) is 0 Å². The minimum atomic E-state index is 0.0371. The summed E-state index contributed by atoms with van der Waals surface area (Å²) in [5, 5.41) is 0. The van der Waals surface area contributed by atoms with Crippen LogP contribution in [0.15, 0.2) is 0 Å². The summed E-state index contributed by atoms with van der Waals surface area (Å²) in [4.78, 5) is 12.1. The van der Waals surface area contributed by atoms with Gasteiger partial charge in [0.05, 0.1) is 6.61 Å². The molecule has 64 heavy (non-hydrogen) atoms. The smallest absolute Gasteiger partial charge is 0.305 e. The third kappa shape index (κ3) is 59.5. The Morgan fingerprint density at radius 1 is 0.203 bits per heavy atom. The molecule has 2 nitrogen and oxygen atoms in total. The second-order valence-corrected chi connectivity index (χ2v) is 21.4. The maximum atomic E-state index is 12.1. The van der Waals surface area contributed by atoms with Crippen molar-refractivity contribution in [2.75, 3.05) is 6.61 Å². The van der Waals surface area contributed by atoms with Gasteiger partial charge in [-0.25, -0.2) is 0 Å². The van der Waals surface area contributed by atoms with Gasteiger partial charge in [-0.2, -0.15) is 0 Å². The molecule has 0 radical (unpaired) electrons. The van der Waals surface area contributed by atoms with Gasteiger partial charge in [0.15, 0.2) is 0 Å². The second-order valence-electron chi connectivity index (χ2n) is 21.4. The molecule has 0 rings (SSSR count). The minimum Gasteiger partial charge on any atom is -0.466 e. The molecule has 0 unspecified atom stereocenters. The number of rotatable bonds is 59. The summed E-state index contributed by atoms with van der Waals surface area (Å²) in [6.45, 7) is 5.25. The Kier molecular flexibility index (Phi) is 60.0. The fourth-order valence-electron chi connectivity index (χ4n) is 10.1. The van der Waals surface area contributed by atoms with Crippen LogP contribution in [0.25, 0.3) is 0 Å². The number of unbranched alkanes of at least 4 members (excludes halogenated alkanes) is 55. The van der Waals surface area contributed by atoms with E-state index in [1.165, 1.54) is 353 Å². The van der Waals surface area contributed by atoms with E-state index in [1.54, 1.807) is 0 Å². The molecule has 0 aliphatic carbocycles. The number of carbonyl (C=O) groups is 1. The number of carbonyl (C=O) groups excluding carboxylic acids is 1. The van der Waals surface area contributed by atoms with E-state index in [4.69, 9.17) is 4.74 Å². The number of ether oxygens (including phenoxy) is 1. The molecule has 0 bridgehead atoms. The molecular weight excluding hydrogens is 777 g/mol. The highest BCUT2D eigenvalue weighted by Crippen LogP contribution is 2.19. The van der Waals surface area contributed by atoms with Crippen molar-refractivity contribution in [3.05, 3.63) is 0 Å². The van der Waals surface area contributed by atoms with Crippen molar-refractivity contribution in [2.45, 2.75) is 386 Å². The topological polar surface area (TPSA) is 26.3 Å². The Morgan fingerprint density at radius 2 is 0.344 bits per heavy atom. The highest BCUT2D eigenvalue weighted by molar-refractivity contribution is 5.69. The summed E-state index contributed by atoms with van der Waals surface area (Å²) in [5.74, 6) is 0.0371. The van der Waals surface area contributed by atoms with Crippen molar-refractivity contribution >= 4 is 5.97 Å². The molecule has 0 heterocycles. The molecule has 0 atom stereocenters. The van der Waals surface area contributed by atoms with Gasteiger partial charge in [0.2, 0.25) is 0 Å². The SMILES string of the molecule is CCCCCCCCCCCCCCCCCCCCCCCCCCCCCCCC(=O)OCCCCCCCCCCCCCCCCCCCCCCCCCCCCCC. The van der Waals surface area contributed by atoms with Crippen molar-refractivity contribution in [1.82, 2.24) is 0 Å². The van der Waals surface area contributed by atoms with E-state index >= 15 is 0 Å². The van der Waals surface area contributed by atoms with E-state index in [2.05, 4.69) is 13.8 Å². The van der Waals surface area contributed by atoms with Gasteiger partial charge < -0.3 is 4.74 Å². The molecule has 0 aliphatic rings. The summed E-state index contributed by atoms with van der Waals surface area (Å²) in [7, 11) is 0. The average Bonchev–Trinajstić information content (AvgIpc) is 3.30. The normalized spacial score (nSPS) is 11.6. The van der Waals surface area contributed by atoms with Gasteiger partial charge in [0.1, 0.15) is 0 Å². The second kappa shape index (κ2) is 60.5. The zero-order valence-electron chi connectivity index (χ0n) is 45.0. The van der Waals surface area contributed by atoms with Crippen LogP contribution in [0, 0.1) is 0 Å². The van der Waals surface area contributed by atoms with E-state index < -0.39 is 0 Å². The largest absolute Gasteiger partial charge is 0.466 e. The lowest BCUT2D eigenvalue weighted by molar-refractivity contribution is -0.143. The first kappa shape index (κ1) is 63.5. The van der Waals surface area contributed by atoms with Gasteiger partial charge in [0.25, 0.3) is 0 Å². The molecule has 2 heteroatoms. The third-order valence-electron chi connectivity index (χ3n) is 14.7. The first-order valence-corrected chi connectivity index (χ1v) is 31.0. The molecule has 384 valence electrons. The highest BCUT2D eigenvalue weighted by atomic mass is 16.5. The maximum Gasteiger partial charge on any atom is 0.305 e. The summed E-state index contributed by atoms with van der Waals surface area (Å²) in [6, 6.07) is 0. The van der Waals surface area contributed by atoms with E-state index in [0.717, 1.165) is 12.8 Å². The zero-order valence-corrected chi connectivity index (χ0v) is 45.0. The van der Waals surface area contributed by atoms with Crippen molar-refractivity contribution in [3.8, 4) is 0 Å². The van der Waals surface area contributed by atoms with E-state index in [9.17, 15) is 4.79 Å². The molecule has 0 saturated carbocycles. The first-order valence-electron chi connectivity index (χ1n) is 31.0. The van der Waals surface area contributed by atoms with Gasteiger partial charge in [0, 0.05) is 6.42 Å². The van der Waals surface area contributed by atoms with Crippen LogP contribution < -0.4 is 0 Å². The predicted octanol–water partition coefficient (Wildman–Crippen LogP) is 23.2. The van der Waals surface area contributed by atoms with E-state index in [-0.39, 0.29) is 5.97 Å². The molecule has 0 fully saturated rings. The summed E-state index contributed by atoms with van der Waals surface area (Å²) < 4.78 is 5.53. The molecule has 0 aromatic heterocycles. The van der Waals surface area contributed by atoms with Crippen molar-refractivity contribution in [1.29, 1.82) is 0 Å². The number of esters is 1. The van der Waals surface area contributed by atoms with Crippen LogP contribution in [0.3, 0.4) is 0 Å². The first-order chi connectivity index (χ1) is 31.8. The van der Waals surface area contributed by atoms with E-state index in [0.29, 0.717) is 13.0 Å². The summed E-state index contributed by atoms with van der Waals surface area (Å²) in [6.07, 6.45) is 81.7. The van der Waals surface area contributed by atoms with Crippen LogP contribution in [0.2, 0.25) is 0 Å². The van der Waals surface area contributed by atoms with Gasteiger partial charge in [-0.05, 0) is 12.8 Å². The minimum absolute atomic E-state index is 0.0371. The zero-order chi connectivity index (χ0) is 46.0. The summed E-state index contributed by atoms with van der Waals surface area (Å²) in [5.41, 5.74) is 0. The van der Waals surface area contributed by atoms with Crippen molar-refractivity contribution < 1.29 is 9.53 Å². The highest BCUT2D eigenvalue weighted by Gasteiger charge is 2.04. The van der Waals surface area contributed by atoms with Crippen molar-refractivity contribution in [2.24, 2.45) is 0 Å². The number of hydrogen-bond acceptors (Lipinski definition) is 2. The van der Waals surface area contributed by atoms with Gasteiger partial charge in [-0.3, -0.25) is 4.79 Å². The lowest BCUT2D eigenvalue weighted by Crippen LogP contribution is -2.05. The lowest BCUT2D eigenvalue weighted by atomic mass is 10.0. The third-order valence-corrected chi connectivity index (χ3v) is 14.7. The Labute approximate surface area is 406 Å². The Balaban J connectivity index is 3.14. The molecule has 0 amide bonds. The fourth-order valence-corrected chi connectivity index (χ4v) is 10.1. The molecule has 0 aromatic rings. The van der Waals surface area contributed by atoms with Crippen LogP contribution in [-0.4, -0.2) is 12.6 Å². The molecule has 0 spiro atoms. The van der Waals surface area contributed by atoms with Crippen molar-refractivity contribution in [3.63, 3.8) is 0 Å². The fraction of sp³-hybridized carbons (Fsp3) is 0.984. The van der Waals surface area contributed by atoms with Gasteiger partial charge in [-0.15, -0.1) is 0 Å². The van der Waals surface area contributed by atoms with Crippen LogP contribution in [0.1, 0.15) is 386 Å². The number of hydrogen-bond donors (Lipinski definition) is 0. The summed E-state index contributed by atoms with van der Waals surface area (Å²) >= 11 is 0. The van der Waals surface area contributed by atoms with E-state index in [1.807, 2.05) is 0 Å². The maximum absolute atomic E-state index is 12.1. The molecule has 0 aromatic carbocycles. The molecule has 0 N–H and O–H groups in total. The van der Waals surface area contributed by atoms with Crippen LogP contribution >= 0.6 is 0 Å². The Bertz CT molecular complexity index is 743. The average molecular weight is 902 g/mol. The standard InChI is InChI=1S/C62H124O2/c1-3-5-7-9-11-13-15-17-19-21-23-25-27-29-31-33-34-36-38-40-42-44-46-48-50-52-54-56-58-60-62(63)64-61-59-57-55-53-51-49-47-45-43-41-39-37-35-32-30-28-26-24-22-20-18-16-14-12-10-8-6-4-2/h3-61H2,1-2H3. The Morgan fingerprint density at radius 3 is 0.516 bits per heavy atom. The molecular formula is C62H124O2. The monoisotopic (exact) mass is 901 g/mol. The molecule has 0 aliphatic heterocycles. The Hall–Kier alpha value is -0.530. The molecule has 0 saturated heterocycles. The van der Waals surface area contributed by atoms with Gasteiger partial charge >= 0.3 is 5.97 Å². The van der Waals surface area contributed by atoms with Crippen LogP contribution in [0.4, 0.5) is 0 Å².